The molecule has 0 bridgehead atoms. The summed E-state index contributed by atoms with van der Waals surface area (Å²) in [6.45, 7) is 1.61. The van der Waals surface area contributed by atoms with Gasteiger partial charge in [0.15, 0.2) is 0 Å². The molecular weight excluding hydrogens is 193 g/mol. The van der Waals surface area contributed by atoms with Gasteiger partial charge in [0.25, 0.3) is 0 Å². The molecule has 13 heavy (non-hydrogen) atoms. The SMILES string of the molecule is Cc1ccc(NS(C)(=O)=O)cc1F. The number of hydrogen-bond donors (Lipinski definition) is 1. The van der Waals surface area contributed by atoms with Crippen LogP contribution in [-0.4, -0.2) is 14.7 Å². The molecule has 0 atom stereocenters. The van der Waals surface area contributed by atoms with Crippen LogP contribution in [0.1, 0.15) is 5.56 Å². The minimum absolute atomic E-state index is 0.241. The molecule has 0 aliphatic carbocycles. The van der Waals surface area contributed by atoms with E-state index in [0.717, 1.165) is 12.3 Å². The van der Waals surface area contributed by atoms with Gasteiger partial charge < -0.3 is 0 Å². The molecule has 0 saturated carbocycles. The van der Waals surface area contributed by atoms with Gasteiger partial charge in [-0.15, -0.1) is 0 Å². The second-order valence-corrected chi connectivity index (χ2v) is 4.59. The maximum Gasteiger partial charge on any atom is 0.229 e. The maximum atomic E-state index is 12.9. The minimum Gasteiger partial charge on any atom is -0.284 e. The molecular formula is C8H10FNO2S. The van der Waals surface area contributed by atoms with E-state index in [0.29, 0.717) is 5.56 Å². The fourth-order valence-corrected chi connectivity index (χ4v) is 1.43. The number of aryl methyl sites for hydroxylation is 1. The Hall–Kier alpha value is -1.10. The Labute approximate surface area is 76.6 Å². The van der Waals surface area contributed by atoms with Crippen LogP contribution in [-0.2, 0) is 10.0 Å². The highest BCUT2D eigenvalue weighted by Crippen LogP contribution is 2.14. The fourth-order valence-electron chi connectivity index (χ4n) is 0.870. The first-order chi connectivity index (χ1) is 5.88. The van der Waals surface area contributed by atoms with Gasteiger partial charge in [-0.05, 0) is 24.6 Å². The smallest absolute Gasteiger partial charge is 0.229 e. The first-order valence-corrected chi connectivity index (χ1v) is 5.51. The van der Waals surface area contributed by atoms with Crippen molar-refractivity contribution in [3.63, 3.8) is 0 Å². The summed E-state index contributed by atoms with van der Waals surface area (Å²) < 4.78 is 36.6. The normalized spacial score (nSPS) is 11.3. The van der Waals surface area contributed by atoms with E-state index in [9.17, 15) is 12.8 Å². The lowest BCUT2D eigenvalue weighted by molar-refractivity contribution is 0.606. The summed E-state index contributed by atoms with van der Waals surface area (Å²) in [6, 6.07) is 4.18. The minimum atomic E-state index is -3.32. The molecule has 0 heterocycles. The summed E-state index contributed by atoms with van der Waals surface area (Å²) in [5, 5.41) is 0. The summed E-state index contributed by atoms with van der Waals surface area (Å²) in [5.74, 6) is -0.423. The zero-order chi connectivity index (χ0) is 10.1. The summed E-state index contributed by atoms with van der Waals surface area (Å²) in [7, 11) is -3.32. The number of nitrogens with one attached hydrogen (secondary N) is 1. The molecule has 0 fully saturated rings. The Morgan fingerprint density at radius 1 is 1.38 bits per heavy atom. The van der Waals surface area contributed by atoms with Gasteiger partial charge in [-0.25, -0.2) is 12.8 Å². The van der Waals surface area contributed by atoms with Gasteiger partial charge in [-0.3, -0.25) is 4.72 Å². The molecule has 1 rings (SSSR count). The predicted octanol–water partition coefficient (Wildman–Crippen LogP) is 1.51. The number of hydrogen-bond acceptors (Lipinski definition) is 2. The number of halogens is 1. The van der Waals surface area contributed by atoms with Crippen LogP contribution in [0.5, 0.6) is 0 Å². The molecule has 0 spiro atoms. The largest absolute Gasteiger partial charge is 0.284 e. The zero-order valence-electron chi connectivity index (χ0n) is 7.33. The quantitative estimate of drug-likeness (QED) is 0.791. The highest BCUT2D eigenvalue weighted by Gasteiger charge is 2.03. The zero-order valence-corrected chi connectivity index (χ0v) is 8.15. The average Bonchev–Trinajstić information content (AvgIpc) is 1.94. The molecule has 72 valence electrons. The van der Waals surface area contributed by atoms with Crippen molar-refractivity contribution < 1.29 is 12.8 Å². The molecule has 0 radical (unpaired) electrons. The highest BCUT2D eigenvalue weighted by atomic mass is 32.2. The van der Waals surface area contributed by atoms with E-state index in [4.69, 9.17) is 0 Å². The standard InChI is InChI=1S/C8H10FNO2S/c1-6-3-4-7(5-8(6)9)10-13(2,11)12/h3-5,10H,1-2H3. The fraction of sp³-hybridized carbons (Fsp3) is 0.250. The second kappa shape index (κ2) is 3.33. The molecule has 3 nitrogen and oxygen atoms in total. The third kappa shape index (κ3) is 3.02. The van der Waals surface area contributed by atoms with E-state index < -0.39 is 15.8 Å². The highest BCUT2D eigenvalue weighted by molar-refractivity contribution is 7.92. The van der Waals surface area contributed by atoms with Crippen LogP contribution in [0.25, 0.3) is 0 Å². The van der Waals surface area contributed by atoms with Crippen LogP contribution < -0.4 is 4.72 Å². The van der Waals surface area contributed by atoms with Crippen molar-refractivity contribution in [3.05, 3.63) is 29.6 Å². The van der Waals surface area contributed by atoms with E-state index in [2.05, 4.69) is 4.72 Å². The van der Waals surface area contributed by atoms with Crippen molar-refractivity contribution >= 4 is 15.7 Å². The van der Waals surface area contributed by atoms with E-state index in [1.165, 1.54) is 12.1 Å². The number of sulfonamides is 1. The molecule has 1 aromatic carbocycles. The van der Waals surface area contributed by atoms with Crippen LogP contribution in [0.4, 0.5) is 10.1 Å². The Morgan fingerprint density at radius 3 is 2.46 bits per heavy atom. The van der Waals surface area contributed by atoms with Crippen LogP contribution in [0.3, 0.4) is 0 Å². The Kier molecular flexibility index (Phi) is 2.56. The number of anilines is 1. The van der Waals surface area contributed by atoms with Crippen LogP contribution in [0.15, 0.2) is 18.2 Å². The third-order valence-corrected chi connectivity index (χ3v) is 2.08. The summed E-state index contributed by atoms with van der Waals surface area (Å²) in [6.07, 6.45) is 1.02. The van der Waals surface area contributed by atoms with E-state index in [1.807, 2.05) is 0 Å². The molecule has 0 amide bonds. The van der Waals surface area contributed by atoms with Crippen LogP contribution in [0.2, 0.25) is 0 Å². The first-order valence-electron chi connectivity index (χ1n) is 3.62. The average molecular weight is 203 g/mol. The topological polar surface area (TPSA) is 46.2 Å². The molecule has 0 unspecified atom stereocenters. The predicted molar refractivity (Wildman–Crippen MR) is 49.6 cm³/mol. The molecule has 5 heteroatoms. The summed E-state index contributed by atoms with van der Waals surface area (Å²) in [4.78, 5) is 0. The molecule has 0 saturated heterocycles. The van der Waals surface area contributed by atoms with Crippen molar-refractivity contribution in [1.82, 2.24) is 0 Å². The number of rotatable bonds is 2. The monoisotopic (exact) mass is 203 g/mol. The molecule has 0 aromatic heterocycles. The Balaban J connectivity index is 2.99. The van der Waals surface area contributed by atoms with Gasteiger partial charge in [0.05, 0.1) is 11.9 Å². The lowest BCUT2D eigenvalue weighted by atomic mass is 10.2. The van der Waals surface area contributed by atoms with Crippen LogP contribution in [0, 0.1) is 12.7 Å². The first kappa shape index (κ1) is 9.98. The summed E-state index contributed by atoms with van der Waals surface area (Å²) in [5.41, 5.74) is 0.727. The lowest BCUT2D eigenvalue weighted by Crippen LogP contribution is -2.09. The second-order valence-electron chi connectivity index (χ2n) is 2.84. The Bertz CT molecular complexity index is 414. The van der Waals surface area contributed by atoms with Crippen molar-refractivity contribution in [2.75, 3.05) is 11.0 Å². The van der Waals surface area contributed by atoms with Crippen molar-refractivity contribution in [2.45, 2.75) is 6.92 Å². The number of benzene rings is 1. The van der Waals surface area contributed by atoms with Crippen molar-refractivity contribution in [2.24, 2.45) is 0 Å². The van der Waals surface area contributed by atoms with E-state index in [1.54, 1.807) is 6.92 Å². The maximum absolute atomic E-state index is 12.9. The van der Waals surface area contributed by atoms with Gasteiger partial charge in [0.2, 0.25) is 10.0 Å². The van der Waals surface area contributed by atoms with E-state index >= 15 is 0 Å². The van der Waals surface area contributed by atoms with E-state index in [-0.39, 0.29) is 5.69 Å². The molecule has 1 aromatic rings. The Morgan fingerprint density at radius 2 is 2.00 bits per heavy atom. The van der Waals surface area contributed by atoms with Crippen LogP contribution >= 0.6 is 0 Å². The summed E-state index contributed by atoms with van der Waals surface area (Å²) >= 11 is 0. The van der Waals surface area contributed by atoms with Crippen molar-refractivity contribution in [1.29, 1.82) is 0 Å². The van der Waals surface area contributed by atoms with Gasteiger partial charge in [-0.2, -0.15) is 0 Å². The van der Waals surface area contributed by atoms with Gasteiger partial charge in [0.1, 0.15) is 5.82 Å². The van der Waals surface area contributed by atoms with Gasteiger partial charge in [0, 0.05) is 0 Å². The lowest BCUT2D eigenvalue weighted by Gasteiger charge is -2.04. The van der Waals surface area contributed by atoms with Gasteiger partial charge in [-0.1, -0.05) is 6.07 Å². The molecule has 1 N–H and O–H groups in total. The third-order valence-electron chi connectivity index (χ3n) is 1.48. The molecule has 0 aliphatic rings. The van der Waals surface area contributed by atoms with Crippen molar-refractivity contribution in [3.8, 4) is 0 Å². The van der Waals surface area contributed by atoms with Gasteiger partial charge >= 0.3 is 0 Å². The molecule has 0 aliphatic heterocycles.